The Morgan fingerprint density at radius 2 is 1.47 bits per heavy atom. The van der Waals surface area contributed by atoms with Gasteiger partial charge in [0.1, 0.15) is 0 Å². The van der Waals surface area contributed by atoms with E-state index in [0.717, 1.165) is 35.9 Å². The van der Waals surface area contributed by atoms with Crippen LogP contribution in [0.25, 0.3) is 0 Å². The Labute approximate surface area is 183 Å². The molecule has 0 N–H and O–H groups in total. The van der Waals surface area contributed by atoms with E-state index >= 15 is 0 Å². The van der Waals surface area contributed by atoms with E-state index < -0.39 is 6.10 Å². The molecule has 1 heterocycles. The Morgan fingerprint density at radius 3 is 2.03 bits per heavy atom. The zero-order chi connectivity index (χ0) is 21.4. The minimum atomic E-state index is -0.622. The van der Waals surface area contributed by atoms with Crippen LogP contribution in [0.2, 0.25) is 0 Å². The quantitative estimate of drug-likeness (QED) is 0.205. The van der Waals surface area contributed by atoms with E-state index in [-0.39, 0.29) is 6.08 Å². The number of carbonyl (C=O) groups excluding carboxylic acids is 1. The number of nitrogens with zero attached hydrogens (tertiary/aromatic N) is 1. The third kappa shape index (κ3) is 9.32. The molecular formula is C26H41NO3. The highest BCUT2D eigenvalue weighted by atomic mass is 16.7. The van der Waals surface area contributed by atoms with Gasteiger partial charge in [0.15, 0.2) is 12.4 Å². The molecule has 30 heavy (non-hydrogen) atoms. The fourth-order valence-electron chi connectivity index (χ4n) is 3.92. The Morgan fingerprint density at radius 1 is 0.900 bits per heavy atom. The average Bonchev–Trinajstić information content (AvgIpc) is 2.76. The minimum absolute atomic E-state index is 0.221. The summed E-state index contributed by atoms with van der Waals surface area (Å²) in [6, 6.07) is 5.85. The fraction of sp³-hybridized carbons (Fsp3) is 0.692. The predicted molar refractivity (Wildman–Crippen MR) is 124 cm³/mol. The summed E-state index contributed by atoms with van der Waals surface area (Å²) in [5, 5.41) is 0. The summed E-state index contributed by atoms with van der Waals surface area (Å²) in [4.78, 5) is 15.8. The van der Waals surface area contributed by atoms with Gasteiger partial charge < -0.3 is 9.47 Å². The van der Waals surface area contributed by atoms with Crippen molar-refractivity contribution in [3.63, 3.8) is 0 Å². The number of hydrogen-bond acceptors (Lipinski definition) is 4. The summed E-state index contributed by atoms with van der Waals surface area (Å²) >= 11 is 0. The maximum absolute atomic E-state index is 11.4. The standard InChI is InChI=1S/C26H41NO3/c1-3-4-5-6-7-8-9-10-11-12-13-14-15-16-19-29-26-27-24-18-17-22(2)20-23(24)25(21-28)30-26/h17-18,20-21,25H,3-16,19H2,1-2H3. The van der Waals surface area contributed by atoms with E-state index in [4.69, 9.17) is 9.47 Å². The van der Waals surface area contributed by atoms with Crippen LogP contribution in [-0.2, 0) is 14.3 Å². The number of ether oxygens (including phenoxy) is 2. The van der Waals surface area contributed by atoms with Crippen LogP contribution in [0.3, 0.4) is 0 Å². The van der Waals surface area contributed by atoms with E-state index in [9.17, 15) is 4.79 Å². The number of carbonyl (C=O) groups is 1. The lowest BCUT2D eigenvalue weighted by Crippen LogP contribution is -2.20. The highest BCUT2D eigenvalue weighted by Crippen LogP contribution is 2.32. The molecule has 0 fully saturated rings. The lowest BCUT2D eigenvalue weighted by atomic mass is 10.0. The fourth-order valence-corrected chi connectivity index (χ4v) is 3.92. The zero-order valence-electron chi connectivity index (χ0n) is 19.2. The molecule has 1 aliphatic rings. The number of benzene rings is 1. The van der Waals surface area contributed by atoms with Crippen LogP contribution in [0.5, 0.6) is 0 Å². The predicted octanol–water partition coefficient (Wildman–Crippen LogP) is 7.75. The summed E-state index contributed by atoms with van der Waals surface area (Å²) in [5.41, 5.74) is 2.67. The van der Waals surface area contributed by atoms with Crippen molar-refractivity contribution < 1.29 is 14.3 Å². The van der Waals surface area contributed by atoms with Gasteiger partial charge in [-0.2, -0.15) is 4.99 Å². The van der Waals surface area contributed by atoms with E-state index in [0.29, 0.717) is 6.61 Å². The molecule has 0 aromatic heterocycles. The average molecular weight is 416 g/mol. The molecule has 1 aromatic carbocycles. The van der Waals surface area contributed by atoms with E-state index in [1.54, 1.807) is 0 Å². The molecule has 2 rings (SSSR count). The van der Waals surface area contributed by atoms with Crippen LogP contribution in [0.4, 0.5) is 5.69 Å². The third-order valence-corrected chi connectivity index (χ3v) is 5.78. The summed E-state index contributed by atoms with van der Waals surface area (Å²) in [6.45, 7) is 4.86. The number of aliphatic imine (C=N–C) groups is 1. The first-order valence-corrected chi connectivity index (χ1v) is 12.2. The van der Waals surface area contributed by atoms with Crippen LogP contribution in [0.1, 0.15) is 114 Å². The Bertz CT molecular complexity index is 641. The van der Waals surface area contributed by atoms with Crippen molar-refractivity contribution in [2.45, 2.75) is 110 Å². The molecule has 1 aromatic rings. The van der Waals surface area contributed by atoms with Gasteiger partial charge >= 0.3 is 6.08 Å². The van der Waals surface area contributed by atoms with Crippen molar-refractivity contribution in [2.75, 3.05) is 6.61 Å². The second-order valence-corrected chi connectivity index (χ2v) is 8.56. The van der Waals surface area contributed by atoms with Crippen molar-refractivity contribution in [3.8, 4) is 0 Å². The number of hydrogen-bond donors (Lipinski definition) is 0. The first-order chi connectivity index (χ1) is 14.7. The molecule has 1 atom stereocenters. The normalized spacial score (nSPS) is 15.3. The summed E-state index contributed by atoms with van der Waals surface area (Å²) < 4.78 is 11.3. The van der Waals surface area contributed by atoms with E-state index in [2.05, 4.69) is 11.9 Å². The monoisotopic (exact) mass is 415 g/mol. The van der Waals surface area contributed by atoms with Crippen molar-refractivity contribution in [1.29, 1.82) is 0 Å². The van der Waals surface area contributed by atoms with Crippen LogP contribution in [0, 0.1) is 6.92 Å². The van der Waals surface area contributed by atoms with Gasteiger partial charge in [-0.1, -0.05) is 102 Å². The SMILES string of the molecule is CCCCCCCCCCCCCCCCOC1=Nc2ccc(C)cc2C(C=O)O1. The Kier molecular flexibility index (Phi) is 12.2. The highest BCUT2D eigenvalue weighted by Gasteiger charge is 2.24. The molecule has 0 saturated heterocycles. The second kappa shape index (κ2) is 15.0. The number of rotatable bonds is 16. The molecule has 1 unspecified atom stereocenters. The van der Waals surface area contributed by atoms with E-state index in [1.807, 2.05) is 25.1 Å². The second-order valence-electron chi connectivity index (χ2n) is 8.56. The van der Waals surface area contributed by atoms with Crippen molar-refractivity contribution >= 4 is 18.1 Å². The lowest BCUT2D eigenvalue weighted by Gasteiger charge is -2.22. The molecule has 0 amide bonds. The molecule has 168 valence electrons. The molecule has 4 heteroatoms. The Hall–Kier alpha value is -1.84. The number of aryl methyl sites for hydroxylation is 1. The van der Waals surface area contributed by atoms with Gasteiger partial charge in [-0.05, 0) is 25.5 Å². The Balaban J connectivity index is 1.47. The topological polar surface area (TPSA) is 47.9 Å². The minimum Gasteiger partial charge on any atom is -0.450 e. The largest absolute Gasteiger partial charge is 0.450 e. The summed E-state index contributed by atoms with van der Waals surface area (Å²) in [7, 11) is 0. The van der Waals surface area contributed by atoms with Gasteiger partial charge in [0.05, 0.1) is 12.3 Å². The van der Waals surface area contributed by atoms with Crippen LogP contribution in [0.15, 0.2) is 23.2 Å². The summed E-state index contributed by atoms with van der Waals surface area (Å²) in [6.07, 6.45) is 19.1. The maximum atomic E-state index is 11.4. The molecule has 4 nitrogen and oxygen atoms in total. The molecule has 0 saturated carbocycles. The van der Waals surface area contributed by atoms with Crippen molar-refractivity contribution in [2.24, 2.45) is 4.99 Å². The van der Waals surface area contributed by atoms with Gasteiger partial charge in [0, 0.05) is 5.56 Å². The molecule has 1 aliphatic heterocycles. The van der Waals surface area contributed by atoms with Crippen molar-refractivity contribution in [3.05, 3.63) is 29.3 Å². The maximum Gasteiger partial charge on any atom is 0.389 e. The molecule has 0 radical (unpaired) electrons. The number of unbranched alkanes of at least 4 members (excludes halogenated alkanes) is 13. The van der Waals surface area contributed by atoms with Gasteiger partial charge in [-0.15, -0.1) is 0 Å². The molecule has 0 spiro atoms. The van der Waals surface area contributed by atoms with Gasteiger partial charge in [0.25, 0.3) is 0 Å². The molecule has 0 bridgehead atoms. The third-order valence-electron chi connectivity index (χ3n) is 5.78. The zero-order valence-corrected chi connectivity index (χ0v) is 19.2. The molecular weight excluding hydrogens is 374 g/mol. The lowest BCUT2D eigenvalue weighted by molar-refractivity contribution is -0.115. The van der Waals surface area contributed by atoms with Crippen molar-refractivity contribution in [1.82, 2.24) is 0 Å². The van der Waals surface area contributed by atoms with Crippen LogP contribution in [-0.4, -0.2) is 19.0 Å². The first-order valence-electron chi connectivity index (χ1n) is 12.2. The van der Waals surface area contributed by atoms with Crippen LogP contribution >= 0.6 is 0 Å². The van der Waals surface area contributed by atoms with Gasteiger partial charge in [-0.3, -0.25) is 4.79 Å². The first kappa shape index (κ1) is 24.4. The van der Waals surface area contributed by atoms with Gasteiger partial charge in [0.2, 0.25) is 0 Å². The number of aldehydes is 1. The number of fused-ring (bicyclic) bond motifs is 1. The smallest absolute Gasteiger partial charge is 0.389 e. The summed E-state index contributed by atoms with van der Waals surface area (Å²) in [5.74, 6) is 0. The van der Waals surface area contributed by atoms with Crippen LogP contribution < -0.4 is 0 Å². The van der Waals surface area contributed by atoms with E-state index in [1.165, 1.54) is 77.0 Å². The molecule has 0 aliphatic carbocycles. The highest BCUT2D eigenvalue weighted by molar-refractivity contribution is 5.80. The van der Waals surface area contributed by atoms with Gasteiger partial charge in [-0.25, -0.2) is 0 Å².